The van der Waals surface area contributed by atoms with E-state index in [2.05, 4.69) is 15.3 Å². The molecule has 6 nitrogen and oxygen atoms in total. The van der Waals surface area contributed by atoms with Gasteiger partial charge < -0.3 is 9.73 Å². The van der Waals surface area contributed by atoms with E-state index in [-0.39, 0.29) is 5.91 Å². The minimum Gasteiger partial charge on any atom is -0.468 e. The number of nitrogens with zero attached hydrogens (tertiary/aromatic N) is 3. The Balaban J connectivity index is 1.26. The molecule has 166 valence electrons. The number of thiophene rings is 1. The predicted octanol–water partition coefficient (Wildman–Crippen LogP) is 5.16. The van der Waals surface area contributed by atoms with Gasteiger partial charge in [0.05, 0.1) is 29.1 Å². The maximum Gasteiger partial charge on any atom is 0.261 e. The van der Waals surface area contributed by atoms with E-state index < -0.39 is 0 Å². The number of benzene rings is 1. The molecule has 1 aromatic carbocycles. The van der Waals surface area contributed by atoms with Crippen LogP contribution < -0.4 is 5.32 Å². The summed E-state index contributed by atoms with van der Waals surface area (Å²) in [6, 6.07) is 16.5. The zero-order valence-electron chi connectivity index (χ0n) is 18.3. The second-order valence-electron chi connectivity index (χ2n) is 8.41. The number of carbonyl (C=O) groups is 1. The van der Waals surface area contributed by atoms with Crippen molar-refractivity contribution in [1.82, 2.24) is 20.0 Å². The fourth-order valence-electron chi connectivity index (χ4n) is 4.57. The molecule has 0 atom stereocenters. The van der Waals surface area contributed by atoms with Crippen LogP contribution >= 0.6 is 11.3 Å². The van der Waals surface area contributed by atoms with Crippen molar-refractivity contribution in [3.05, 3.63) is 71.1 Å². The molecule has 3 heterocycles. The van der Waals surface area contributed by atoms with Gasteiger partial charge >= 0.3 is 0 Å². The van der Waals surface area contributed by atoms with E-state index in [0.29, 0.717) is 12.6 Å². The van der Waals surface area contributed by atoms with Gasteiger partial charge in [-0.15, -0.1) is 11.3 Å². The lowest BCUT2D eigenvalue weighted by atomic mass is 10.2. The van der Waals surface area contributed by atoms with Gasteiger partial charge in [0, 0.05) is 24.5 Å². The highest BCUT2D eigenvalue weighted by atomic mass is 32.1. The van der Waals surface area contributed by atoms with Crippen molar-refractivity contribution in [2.24, 2.45) is 0 Å². The number of nitrogens with one attached hydrogen (secondary N) is 1. The van der Waals surface area contributed by atoms with E-state index in [4.69, 9.17) is 4.42 Å². The minimum atomic E-state index is -0.0189. The first-order valence-electron chi connectivity index (χ1n) is 11.3. The van der Waals surface area contributed by atoms with E-state index in [1.54, 1.807) is 6.26 Å². The lowest BCUT2D eigenvalue weighted by molar-refractivity contribution is 0.0945. The predicted molar refractivity (Wildman–Crippen MR) is 127 cm³/mol. The Labute approximate surface area is 191 Å². The number of rotatable bonds is 8. The van der Waals surface area contributed by atoms with Crippen molar-refractivity contribution < 1.29 is 9.21 Å². The SMILES string of the molecule is Cc1nn(-c2ccccc2)c2sc(C(=O)NCCN(Cc3ccco3)C3CCCC3)cc12. The summed E-state index contributed by atoms with van der Waals surface area (Å²) in [7, 11) is 0. The molecule has 4 aromatic rings. The van der Waals surface area contributed by atoms with Crippen LogP contribution in [0.5, 0.6) is 0 Å². The maximum atomic E-state index is 12.9. The molecular formula is C25H28N4O2S. The Kier molecular flexibility index (Phi) is 6.10. The second kappa shape index (κ2) is 9.30. The molecule has 0 saturated heterocycles. The first-order valence-corrected chi connectivity index (χ1v) is 12.1. The average molecular weight is 449 g/mol. The Hall–Kier alpha value is -2.90. The molecule has 32 heavy (non-hydrogen) atoms. The van der Waals surface area contributed by atoms with Crippen LogP contribution in [0.15, 0.2) is 59.2 Å². The first kappa shape index (κ1) is 21.0. The second-order valence-corrected chi connectivity index (χ2v) is 9.44. The number of carbonyl (C=O) groups excluding carboxylic acids is 1. The highest BCUT2D eigenvalue weighted by Gasteiger charge is 2.23. The number of para-hydroxylation sites is 1. The molecule has 3 aromatic heterocycles. The third-order valence-corrected chi connectivity index (χ3v) is 7.34. The number of furan rings is 1. The minimum absolute atomic E-state index is 0.0189. The number of fused-ring (bicyclic) bond motifs is 1. The quantitative estimate of drug-likeness (QED) is 0.404. The highest BCUT2D eigenvalue weighted by Crippen LogP contribution is 2.30. The number of hydrogen-bond donors (Lipinski definition) is 1. The topological polar surface area (TPSA) is 63.3 Å². The van der Waals surface area contributed by atoms with Gasteiger partial charge in [-0.1, -0.05) is 31.0 Å². The fraction of sp³-hybridized carbons (Fsp3) is 0.360. The summed E-state index contributed by atoms with van der Waals surface area (Å²) in [5, 5.41) is 8.83. The molecule has 0 radical (unpaired) electrons. The first-order chi connectivity index (χ1) is 15.7. The summed E-state index contributed by atoms with van der Waals surface area (Å²) in [6.45, 7) is 4.22. The molecule has 5 rings (SSSR count). The molecule has 1 saturated carbocycles. The van der Waals surface area contributed by atoms with Gasteiger partial charge in [0.2, 0.25) is 0 Å². The maximum absolute atomic E-state index is 12.9. The molecule has 1 fully saturated rings. The fourth-order valence-corrected chi connectivity index (χ4v) is 5.67. The van der Waals surface area contributed by atoms with Crippen LogP contribution in [0.2, 0.25) is 0 Å². The molecule has 0 spiro atoms. The monoisotopic (exact) mass is 448 g/mol. The van der Waals surface area contributed by atoms with Crippen molar-refractivity contribution in [2.75, 3.05) is 13.1 Å². The summed E-state index contributed by atoms with van der Waals surface area (Å²) >= 11 is 1.50. The van der Waals surface area contributed by atoms with Crippen LogP contribution in [-0.2, 0) is 6.54 Å². The Morgan fingerprint density at radius 2 is 2.03 bits per heavy atom. The summed E-state index contributed by atoms with van der Waals surface area (Å²) in [4.78, 5) is 17.1. The van der Waals surface area contributed by atoms with Gasteiger partial charge in [-0.2, -0.15) is 5.10 Å². The lowest BCUT2D eigenvalue weighted by Gasteiger charge is -2.28. The molecule has 1 aliphatic rings. The molecule has 1 N–H and O–H groups in total. The summed E-state index contributed by atoms with van der Waals surface area (Å²) in [5.74, 6) is 0.961. The zero-order chi connectivity index (χ0) is 21.9. The van der Waals surface area contributed by atoms with Gasteiger partial charge in [-0.25, -0.2) is 4.68 Å². The van der Waals surface area contributed by atoms with Crippen molar-refractivity contribution in [2.45, 2.75) is 45.2 Å². The standard InChI is InChI=1S/C25H28N4O2S/c1-18-22-16-23(32-25(22)29(27-18)20-10-3-2-4-11-20)24(30)26-13-14-28(19-8-5-6-9-19)17-21-12-7-15-31-21/h2-4,7,10-12,15-16,19H,5-6,8-9,13-14,17H2,1H3,(H,26,30). The summed E-state index contributed by atoms with van der Waals surface area (Å²) in [6.07, 6.45) is 6.74. The van der Waals surface area contributed by atoms with Crippen LogP contribution in [0.1, 0.15) is 46.8 Å². The smallest absolute Gasteiger partial charge is 0.261 e. The van der Waals surface area contributed by atoms with Gasteiger partial charge in [0.25, 0.3) is 5.91 Å². The third kappa shape index (κ3) is 4.36. The largest absolute Gasteiger partial charge is 0.468 e. The van der Waals surface area contributed by atoms with Crippen LogP contribution in [0.3, 0.4) is 0 Å². The molecule has 1 aliphatic carbocycles. The molecular weight excluding hydrogens is 420 g/mol. The normalized spacial score (nSPS) is 14.6. The van der Waals surface area contributed by atoms with Crippen LogP contribution in [0.25, 0.3) is 15.9 Å². The summed E-state index contributed by atoms with van der Waals surface area (Å²) in [5.41, 5.74) is 1.94. The molecule has 1 amide bonds. The Bertz CT molecular complexity index is 1170. The van der Waals surface area contributed by atoms with Gasteiger partial charge in [-0.3, -0.25) is 9.69 Å². The van der Waals surface area contributed by atoms with Gasteiger partial charge in [0.1, 0.15) is 10.6 Å². The van der Waals surface area contributed by atoms with Crippen molar-refractivity contribution >= 4 is 27.5 Å². The molecule has 0 unspecified atom stereocenters. The van der Waals surface area contributed by atoms with Crippen molar-refractivity contribution in [3.63, 3.8) is 0 Å². The van der Waals surface area contributed by atoms with Crippen LogP contribution in [0.4, 0.5) is 0 Å². The average Bonchev–Trinajstić information content (AvgIpc) is 3.60. The number of hydrogen-bond acceptors (Lipinski definition) is 5. The number of amides is 1. The van der Waals surface area contributed by atoms with Crippen LogP contribution in [-0.4, -0.2) is 39.7 Å². The number of aryl methyl sites for hydroxylation is 1. The zero-order valence-corrected chi connectivity index (χ0v) is 19.1. The molecule has 0 aliphatic heterocycles. The van der Waals surface area contributed by atoms with E-state index in [1.165, 1.54) is 37.0 Å². The lowest BCUT2D eigenvalue weighted by Crippen LogP contribution is -2.39. The van der Waals surface area contributed by atoms with E-state index in [1.807, 2.05) is 60.1 Å². The number of aromatic nitrogens is 2. The van der Waals surface area contributed by atoms with Crippen molar-refractivity contribution in [3.8, 4) is 5.69 Å². The van der Waals surface area contributed by atoms with E-state index >= 15 is 0 Å². The van der Waals surface area contributed by atoms with Crippen LogP contribution in [0, 0.1) is 6.92 Å². The van der Waals surface area contributed by atoms with E-state index in [9.17, 15) is 4.79 Å². The van der Waals surface area contributed by atoms with E-state index in [0.717, 1.165) is 45.3 Å². The molecule has 0 bridgehead atoms. The highest BCUT2D eigenvalue weighted by molar-refractivity contribution is 7.20. The van der Waals surface area contributed by atoms with Gasteiger partial charge in [-0.05, 0) is 50.1 Å². The Morgan fingerprint density at radius 1 is 1.22 bits per heavy atom. The Morgan fingerprint density at radius 3 is 2.78 bits per heavy atom. The summed E-state index contributed by atoms with van der Waals surface area (Å²) < 4.78 is 7.50. The van der Waals surface area contributed by atoms with Crippen molar-refractivity contribution in [1.29, 1.82) is 0 Å². The van der Waals surface area contributed by atoms with Gasteiger partial charge in [0.15, 0.2) is 0 Å². The third-order valence-electron chi connectivity index (χ3n) is 6.23. The molecule has 7 heteroatoms.